The lowest BCUT2D eigenvalue weighted by atomic mass is 10.1. The highest BCUT2D eigenvalue weighted by Gasteiger charge is 2.16. The Kier molecular flexibility index (Phi) is 5.40. The van der Waals surface area contributed by atoms with Crippen molar-refractivity contribution in [1.82, 2.24) is 4.98 Å². The molecule has 0 aliphatic heterocycles. The summed E-state index contributed by atoms with van der Waals surface area (Å²) in [6.45, 7) is 2.02. The predicted octanol–water partition coefficient (Wildman–Crippen LogP) is 4.97. The molecule has 1 amide bonds. The molecule has 3 aromatic rings. The Morgan fingerprint density at radius 2 is 1.81 bits per heavy atom. The van der Waals surface area contributed by atoms with Crippen LogP contribution in [0.1, 0.15) is 27.6 Å². The second-order valence-corrected chi connectivity index (χ2v) is 6.19. The number of nitrogens with zero attached hydrogens (tertiary/aromatic N) is 1. The third-order valence-corrected chi connectivity index (χ3v) is 4.29. The van der Waals surface area contributed by atoms with E-state index in [0.29, 0.717) is 22.2 Å². The van der Waals surface area contributed by atoms with Gasteiger partial charge in [-0.1, -0.05) is 41.4 Å². The van der Waals surface area contributed by atoms with Crippen LogP contribution in [0.25, 0.3) is 10.9 Å². The summed E-state index contributed by atoms with van der Waals surface area (Å²) in [5.41, 5.74) is 1.56. The Hall–Kier alpha value is -2.63. The first-order valence-electron chi connectivity index (χ1n) is 7.82. The Balaban J connectivity index is 1.96. The number of para-hydroxylation sites is 1. The maximum atomic E-state index is 12.6. The van der Waals surface area contributed by atoms with Crippen molar-refractivity contribution in [1.29, 1.82) is 0 Å². The number of hydrogen-bond donors (Lipinski definition) is 1. The summed E-state index contributed by atoms with van der Waals surface area (Å²) >= 11 is 12.2. The van der Waals surface area contributed by atoms with Gasteiger partial charge in [0.05, 0.1) is 39.0 Å². The molecule has 0 radical (unpaired) electrons. The van der Waals surface area contributed by atoms with Crippen LogP contribution in [0.5, 0.6) is 0 Å². The van der Waals surface area contributed by atoms with Gasteiger partial charge in [0.25, 0.3) is 5.91 Å². The topological polar surface area (TPSA) is 68.3 Å². The molecule has 0 saturated carbocycles. The van der Waals surface area contributed by atoms with Gasteiger partial charge in [0, 0.05) is 11.6 Å². The van der Waals surface area contributed by atoms with E-state index in [1.54, 1.807) is 49.4 Å². The smallest absolute Gasteiger partial charge is 0.339 e. The minimum Gasteiger partial charge on any atom is -0.462 e. The number of halogens is 2. The number of amides is 1. The average Bonchev–Trinajstić information content (AvgIpc) is 2.61. The maximum Gasteiger partial charge on any atom is 0.339 e. The molecule has 1 N–H and O–H groups in total. The number of nitrogens with one attached hydrogen (secondary N) is 1. The average molecular weight is 389 g/mol. The second kappa shape index (κ2) is 7.72. The van der Waals surface area contributed by atoms with Crippen LogP contribution in [0, 0.1) is 0 Å². The first-order chi connectivity index (χ1) is 12.5. The van der Waals surface area contributed by atoms with Crippen molar-refractivity contribution < 1.29 is 14.3 Å². The number of rotatable bonds is 4. The van der Waals surface area contributed by atoms with E-state index in [4.69, 9.17) is 27.9 Å². The molecule has 7 heteroatoms. The van der Waals surface area contributed by atoms with Gasteiger partial charge >= 0.3 is 5.97 Å². The van der Waals surface area contributed by atoms with Gasteiger partial charge in [0.1, 0.15) is 0 Å². The molecule has 0 bridgehead atoms. The minimum absolute atomic E-state index is 0.191. The number of ether oxygens (including phenoxy) is 1. The number of aromatic nitrogens is 1. The summed E-state index contributed by atoms with van der Waals surface area (Å²) < 4.78 is 4.98. The van der Waals surface area contributed by atoms with Crippen molar-refractivity contribution in [3.63, 3.8) is 0 Å². The zero-order chi connectivity index (χ0) is 18.7. The third-order valence-electron chi connectivity index (χ3n) is 3.66. The van der Waals surface area contributed by atoms with E-state index in [9.17, 15) is 9.59 Å². The monoisotopic (exact) mass is 388 g/mol. The van der Waals surface area contributed by atoms with Crippen LogP contribution in [0.2, 0.25) is 10.0 Å². The van der Waals surface area contributed by atoms with E-state index in [-0.39, 0.29) is 22.2 Å². The van der Waals surface area contributed by atoms with E-state index < -0.39 is 11.9 Å². The molecule has 0 saturated heterocycles. The molecule has 0 unspecified atom stereocenters. The molecule has 2 aromatic carbocycles. The number of hydrogen-bond acceptors (Lipinski definition) is 4. The molecule has 1 aromatic heterocycles. The lowest BCUT2D eigenvalue weighted by molar-refractivity contribution is 0.0526. The number of pyridine rings is 1. The normalized spacial score (nSPS) is 10.6. The van der Waals surface area contributed by atoms with E-state index in [1.165, 1.54) is 6.20 Å². The lowest BCUT2D eigenvalue weighted by Crippen LogP contribution is -2.14. The molecule has 132 valence electrons. The van der Waals surface area contributed by atoms with E-state index >= 15 is 0 Å². The molecule has 5 nitrogen and oxygen atoms in total. The van der Waals surface area contributed by atoms with Crippen molar-refractivity contribution >= 4 is 51.7 Å². The molecule has 0 spiro atoms. The fourth-order valence-corrected chi connectivity index (χ4v) is 3.06. The predicted molar refractivity (Wildman–Crippen MR) is 102 cm³/mol. The summed E-state index contributed by atoms with van der Waals surface area (Å²) in [4.78, 5) is 28.7. The Bertz CT molecular complexity index is 985. The molecule has 0 aliphatic carbocycles. The van der Waals surface area contributed by atoms with Gasteiger partial charge in [0.2, 0.25) is 0 Å². The maximum absolute atomic E-state index is 12.6. The van der Waals surface area contributed by atoms with Crippen LogP contribution >= 0.6 is 23.2 Å². The largest absolute Gasteiger partial charge is 0.462 e. The Morgan fingerprint density at radius 3 is 2.50 bits per heavy atom. The highest BCUT2D eigenvalue weighted by molar-refractivity contribution is 6.40. The van der Waals surface area contributed by atoms with Crippen molar-refractivity contribution in [3.8, 4) is 0 Å². The number of benzene rings is 2. The van der Waals surface area contributed by atoms with Crippen LogP contribution in [0.4, 0.5) is 5.69 Å². The van der Waals surface area contributed by atoms with Gasteiger partial charge in [-0.05, 0) is 31.2 Å². The summed E-state index contributed by atoms with van der Waals surface area (Å²) in [6, 6.07) is 11.8. The van der Waals surface area contributed by atoms with Gasteiger partial charge in [-0.3, -0.25) is 9.78 Å². The molecule has 0 atom stereocenters. The fraction of sp³-hybridized carbons (Fsp3) is 0.105. The summed E-state index contributed by atoms with van der Waals surface area (Å²) in [5.74, 6) is -0.886. The SMILES string of the molecule is CCOC(=O)c1cnc2c(NC(=O)c3c(Cl)cccc3Cl)cccc2c1. The molecule has 1 heterocycles. The standard InChI is InChI=1S/C19H14Cl2N2O3/c1-2-26-19(25)12-9-11-5-3-8-15(17(11)22-10-12)23-18(24)16-13(20)6-4-7-14(16)21/h3-10H,2H2,1H3,(H,23,24). The summed E-state index contributed by atoms with van der Waals surface area (Å²) in [7, 11) is 0. The van der Waals surface area contributed by atoms with Crippen LogP contribution in [-0.2, 0) is 4.74 Å². The van der Waals surface area contributed by atoms with Gasteiger partial charge in [0.15, 0.2) is 0 Å². The summed E-state index contributed by atoms with van der Waals surface area (Å²) in [5, 5.41) is 3.98. The number of fused-ring (bicyclic) bond motifs is 1. The zero-order valence-corrected chi connectivity index (χ0v) is 15.3. The first kappa shape index (κ1) is 18.2. The van der Waals surface area contributed by atoms with Gasteiger partial charge in [-0.15, -0.1) is 0 Å². The van der Waals surface area contributed by atoms with Crippen molar-refractivity contribution in [2.24, 2.45) is 0 Å². The third kappa shape index (κ3) is 3.64. The molecule has 3 rings (SSSR count). The lowest BCUT2D eigenvalue weighted by Gasteiger charge is -2.11. The van der Waals surface area contributed by atoms with Crippen LogP contribution < -0.4 is 5.32 Å². The van der Waals surface area contributed by atoms with E-state index in [1.807, 2.05) is 0 Å². The van der Waals surface area contributed by atoms with Gasteiger partial charge < -0.3 is 10.1 Å². The van der Waals surface area contributed by atoms with Crippen molar-refractivity contribution in [2.45, 2.75) is 6.92 Å². The zero-order valence-electron chi connectivity index (χ0n) is 13.8. The molecular formula is C19H14Cl2N2O3. The molecule has 0 fully saturated rings. The number of carbonyl (C=O) groups is 2. The Labute approximate surface area is 159 Å². The second-order valence-electron chi connectivity index (χ2n) is 5.37. The van der Waals surface area contributed by atoms with Crippen molar-refractivity contribution in [2.75, 3.05) is 11.9 Å². The van der Waals surface area contributed by atoms with Crippen LogP contribution in [0.15, 0.2) is 48.7 Å². The first-order valence-corrected chi connectivity index (χ1v) is 8.58. The highest BCUT2D eigenvalue weighted by Crippen LogP contribution is 2.27. The number of anilines is 1. The highest BCUT2D eigenvalue weighted by atomic mass is 35.5. The van der Waals surface area contributed by atoms with E-state index in [0.717, 1.165) is 0 Å². The molecular weight excluding hydrogens is 375 g/mol. The minimum atomic E-state index is -0.445. The van der Waals surface area contributed by atoms with E-state index in [2.05, 4.69) is 10.3 Å². The Morgan fingerprint density at radius 1 is 1.12 bits per heavy atom. The summed E-state index contributed by atoms with van der Waals surface area (Å²) in [6.07, 6.45) is 1.42. The van der Waals surface area contributed by atoms with Crippen molar-refractivity contribution in [3.05, 3.63) is 69.8 Å². The van der Waals surface area contributed by atoms with Gasteiger partial charge in [-0.25, -0.2) is 4.79 Å². The number of carbonyl (C=O) groups excluding carboxylic acids is 2. The van der Waals surface area contributed by atoms with Crippen LogP contribution in [-0.4, -0.2) is 23.5 Å². The fourth-order valence-electron chi connectivity index (χ4n) is 2.49. The molecule has 0 aliphatic rings. The van der Waals surface area contributed by atoms with Gasteiger partial charge in [-0.2, -0.15) is 0 Å². The molecule has 26 heavy (non-hydrogen) atoms. The quantitative estimate of drug-likeness (QED) is 0.640. The van der Waals surface area contributed by atoms with Crippen LogP contribution in [0.3, 0.4) is 0 Å². The number of esters is 1.